The standard InChI is InChI=1S/C17H26N2O3S/c1-12-10-13(2)16(14(3)11-12)19(23(4,21)22)9-8-18-17(20)15-6-5-7-15/h10-11,15H,5-9H2,1-4H3,(H,18,20). The van der Waals surface area contributed by atoms with Crippen LogP contribution in [0.1, 0.15) is 36.0 Å². The van der Waals surface area contributed by atoms with Gasteiger partial charge >= 0.3 is 0 Å². The summed E-state index contributed by atoms with van der Waals surface area (Å²) in [6.45, 7) is 6.41. The maximum Gasteiger partial charge on any atom is 0.232 e. The molecule has 1 aromatic rings. The first-order valence-electron chi connectivity index (χ1n) is 8.03. The Morgan fingerprint density at radius 2 is 1.78 bits per heavy atom. The fourth-order valence-corrected chi connectivity index (χ4v) is 4.15. The third kappa shape index (κ3) is 4.25. The Morgan fingerprint density at radius 3 is 2.22 bits per heavy atom. The minimum Gasteiger partial charge on any atom is -0.354 e. The largest absolute Gasteiger partial charge is 0.354 e. The molecule has 1 saturated carbocycles. The monoisotopic (exact) mass is 338 g/mol. The minimum absolute atomic E-state index is 0.0436. The van der Waals surface area contributed by atoms with Gasteiger partial charge < -0.3 is 5.32 Å². The first-order chi connectivity index (χ1) is 10.7. The van der Waals surface area contributed by atoms with Crippen LogP contribution in [-0.2, 0) is 14.8 Å². The average Bonchev–Trinajstić information content (AvgIpc) is 2.32. The smallest absolute Gasteiger partial charge is 0.232 e. The highest BCUT2D eigenvalue weighted by Crippen LogP contribution is 2.28. The van der Waals surface area contributed by atoms with Crippen LogP contribution >= 0.6 is 0 Å². The number of sulfonamides is 1. The van der Waals surface area contributed by atoms with Crippen molar-refractivity contribution in [2.45, 2.75) is 40.0 Å². The Morgan fingerprint density at radius 1 is 1.22 bits per heavy atom. The molecule has 0 spiro atoms. The molecule has 6 heteroatoms. The van der Waals surface area contributed by atoms with Crippen LogP contribution in [0.3, 0.4) is 0 Å². The summed E-state index contributed by atoms with van der Waals surface area (Å²) in [6.07, 6.45) is 4.20. The van der Waals surface area contributed by atoms with Gasteiger partial charge in [0.2, 0.25) is 15.9 Å². The number of aryl methyl sites for hydroxylation is 3. The summed E-state index contributed by atoms with van der Waals surface area (Å²) in [6, 6.07) is 3.96. The maximum absolute atomic E-state index is 12.2. The van der Waals surface area contributed by atoms with E-state index in [2.05, 4.69) is 5.32 Å². The molecule has 128 valence electrons. The van der Waals surface area contributed by atoms with Crippen molar-refractivity contribution in [3.8, 4) is 0 Å². The van der Waals surface area contributed by atoms with E-state index >= 15 is 0 Å². The Hall–Kier alpha value is -1.56. The number of anilines is 1. The third-order valence-corrected chi connectivity index (χ3v) is 5.54. The SMILES string of the molecule is Cc1cc(C)c(N(CCNC(=O)C2CCC2)S(C)(=O)=O)c(C)c1. The van der Waals surface area contributed by atoms with Crippen LogP contribution in [-0.4, -0.2) is 33.7 Å². The van der Waals surface area contributed by atoms with Gasteiger partial charge in [-0.3, -0.25) is 9.10 Å². The van der Waals surface area contributed by atoms with Gasteiger partial charge in [-0.1, -0.05) is 24.1 Å². The van der Waals surface area contributed by atoms with Crippen molar-refractivity contribution in [2.75, 3.05) is 23.7 Å². The molecular weight excluding hydrogens is 312 g/mol. The summed E-state index contributed by atoms with van der Waals surface area (Å²) in [5, 5.41) is 2.86. The van der Waals surface area contributed by atoms with Crippen molar-refractivity contribution in [3.05, 3.63) is 28.8 Å². The van der Waals surface area contributed by atoms with E-state index in [1.807, 2.05) is 32.9 Å². The number of carbonyl (C=O) groups is 1. The summed E-state index contributed by atoms with van der Waals surface area (Å²) < 4.78 is 25.8. The summed E-state index contributed by atoms with van der Waals surface area (Å²) in [5.41, 5.74) is 3.68. The molecule has 2 rings (SSSR count). The van der Waals surface area contributed by atoms with E-state index in [9.17, 15) is 13.2 Å². The maximum atomic E-state index is 12.2. The lowest BCUT2D eigenvalue weighted by molar-refractivity contribution is -0.127. The second-order valence-corrected chi connectivity index (χ2v) is 8.41. The van der Waals surface area contributed by atoms with E-state index in [1.165, 1.54) is 10.6 Å². The van der Waals surface area contributed by atoms with Crippen molar-refractivity contribution in [3.63, 3.8) is 0 Å². The van der Waals surface area contributed by atoms with E-state index in [4.69, 9.17) is 0 Å². The Labute approximate surface area is 139 Å². The van der Waals surface area contributed by atoms with Gasteiger partial charge in [0.25, 0.3) is 0 Å². The number of hydrogen-bond acceptors (Lipinski definition) is 3. The van der Waals surface area contributed by atoms with Crippen molar-refractivity contribution in [1.29, 1.82) is 0 Å². The van der Waals surface area contributed by atoms with Gasteiger partial charge in [0, 0.05) is 12.5 Å². The van der Waals surface area contributed by atoms with Crippen LogP contribution in [0, 0.1) is 26.7 Å². The van der Waals surface area contributed by atoms with E-state index in [-0.39, 0.29) is 18.4 Å². The first kappa shape index (κ1) is 17.8. The van der Waals surface area contributed by atoms with Crippen LogP contribution in [0.5, 0.6) is 0 Å². The molecule has 0 unspecified atom stereocenters. The summed E-state index contributed by atoms with van der Waals surface area (Å²) in [5.74, 6) is 0.159. The summed E-state index contributed by atoms with van der Waals surface area (Å²) in [4.78, 5) is 11.9. The van der Waals surface area contributed by atoms with Crippen LogP contribution in [0.25, 0.3) is 0 Å². The lowest BCUT2D eigenvalue weighted by Gasteiger charge is -2.28. The number of hydrogen-bond donors (Lipinski definition) is 1. The van der Waals surface area contributed by atoms with Crippen molar-refractivity contribution < 1.29 is 13.2 Å². The average molecular weight is 338 g/mol. The molecular formula is C17H26N2O3S. The Kier molecular flexibility index (Phi) is 5.34. The Bertz CT molecular complexity index is 671. The molecule has 0 radical (unpaired) electrons. The first-order valence-corrected chi connectivity index (χ1v) is 9.88. The minimum atomic E-state index is -3.40. The molecule has 1 aromatic carbocycles. The van der Waals surface area contributed by atoms with Gasteiger partial charge in [-0.15, -0.1) is 0 Å². The summed E-state index contributed by atoms with van der Waals surface area (Å²) >= 11 is 0. The predicted molar refractivity (Wildman–Crippen MR) is 93.2 cm³/mol. The van der Waals surface area contributed by atoms with Gasteiger partial charge in [0.15, 0.2) is 0 Å². The molecule has 1 amide bonds. The molecule has 1 fully saturated rings. The zero-order valence-electron chi connectivity index (χ0n) is 14.3. The topological polar surface area (TPSA) is 66.5 Å². The normalized spacial score (nSPS) is 15.1. The van der Waals surface area contributed by atoms with E-state index in [1.54, 1.807) is 0 Å². The van der Waals surface area contributed by atoms with Crippen molar-refractivity contribution in [1.82, 2.24) is 5.32 Å². The van der Waals surface area contributed by atoms with E-state index in [0.29, 0.717) is 6.54 Å². The molecule has 0 bridgehead atoms. The fourth-order valence-electron chi connectivity index (χ4n) is 3.10. The fraction of sp³-hybridized carbons (Fsp3) is 0.588. The summed E-state index contributed by atoms with van der Waals surface area (Å²) in [7, 11) is -3.40. The highest BCUT2D eigenvalue weighted by molar-refractivity contribution is 7.92. The number of benzene rings is 1. The second kappa shape index (κ2) is 6.91. The molecule has 5 nitrogen and oxygen atoms in total. The number of carbonyl (C=O) groups excluding carboxylic acids is 1. The van der Waals surface area contributed by atoms with Gasteiger partial charge in [-0.25, -0.2) is 8.42 Å². The van der Waals surface area contributed by atoms with E-state index in [0.717, 1.165) is 41.6 Å². The van der Waals surface area contributed by atoms with Gasteiger partial charge in [0.1, 0.15) is 0 Å². The number of rotatable bonds is 6. The van der Waals surface area contributed by atoms with Crippen molar-refractivity contribution in [2.24, 2.45) is 5.92 Å². The molecule has 0 atom stereocenters. The predicted octanol–water partition coefficient (Wildman–Crippen LogP) is 2.29. The molecule has 23 heavy (non-hydrogen) atoms. The molecule has 1 aliphatic rings. The number of nitrogens with zero attached hydrogens (tertiary/aromatic N) is 1. The second-order valence-electron chi connectivity index (χ2n) is 6.50. The van der Waals surface area contributed by atoms with Crippen LogP contribution in [0.4, 0.5) is 5.69 Å². The highest BCUT2D eigenvalue weighted by Gasteiger charge is 2.26. The lowest BCUT2D eigenvalue weighted by Crippen LogP contribution is -2.41. The molecule has 0 heterocycles. The zero-order chi connectivity index (χ0) is 17.2. The molecule has 0 aliphatic heterocycles. The van der Waals surface area contributed by atoms with Gasteiger partial charge in [-0.2, -0.15) is 0 Å². The number of amides is 1. The van der Waals surface area contributed by atoms with E-state index < -0.39 is 10.0 Å². The van der Waals surface area contributed by atoms with Crippen LogP contribution < -0.4 is 9.62 Å². The molecule has 1 N–H and O–H groups in total. The molecule has 1 aliphatic carbocycles. The lowest BCUT2D eigenvalue weighted by atomic mass is 9.85. The zero-order valence-corrected chi connectivity index (χ0v) is 15.2. The van der Waals surface area contributed by atoms with Crippen LogP contribution in [0.2, 0.25) is 0 Å². The number of nitrogens with one attached hydrogen (secondary N) is 1. The third-order valence-electron chi connectivity index (χ3n) is 4.38. The Balaban J connectivity index is 2.14. The molecule has 0 aromatic heterocycles. The molecule has 0 saturated heterocycles. The quantitative estimate of drug-likeness (QED) is 0.865. The van der Waals surface area contributed by atoms with Crippen LogP contribution in [0.15, 0.2) is 12.1 Å². The van der Waals surface area contributed by atoms with Crippen molar-refractivity contribution >= 4 is 21.6 Å². The van der Waals surface area contributed by atoms with Gasteiger partial charge in [0.05, 0.1) is 18.5 Å². The highest BCUT2D eigenvalue weighted by atomic mass is 32.2. The van der Waals surface area contributed by atoms with Gasteiger partial charge in [-0.05, 0) is 44.7 Å².